The van der Waals surface area contributed by atoms with Gasteiger partial charge in [-0.25, -0.2) is 0 Å². The number of anilines is 1. The van der Waals surface area contributed by atoms with Crippen molar-refractivity contribution in [3.05, 3.63) is 28.2 Å². The van der Waals surface area contributed by atoms with E-state index in [2.05, 4.69) is 27.3 Å². The Morgan fingerprint density at radius 2 is 2.10 bits per heavy atom. The molecule has 0 amide bonds. The van der Waals surface area contributed by atoms with E-state index in [9.17, 15) is 5.26 Å². The topological polar surface area (TPSA) is 54.3 Å². The Kier molecular flexibility index (Phi) is 4.48. The van der Waals surface area contributed by atoms with Gasteiger partial charge in [0.25, 0.3) is 0 Å². The SMILES string of the molecule is N#Cc1cc(Br)ccc1NC1CCOC2(CCOCC2)C1. The molecule has 0 radical (unpaired) electrons. The van der Waals surface area contributed by atoms with Gasteiger partial charge in [0.05, 0.1) is 16.9 Å². The molecule has 1 aromatic rings. The van der Waals surface area contributed by atoms with Crippen molar-refractivity contribution in [1.29, 1.82) is 5.26 Å². The minimum atomic E-state index is -0.0314. The van der Waals surface area contributed by atoms with Gasteiger partial charge in [0.1, 0.15) is 6.07 Å². The van der Waals surface area contributed by atoms with Gasteiger partial charge in [0, 0.05) is 30.3 Å². The fourth-order valence-electron chi connectivity index (χ4n) is 3.20. The van der Waals surface area contributed by atoms with Crippen LogP contribution in [0.4, 0.5) is 5.69 Å². The number of halogens is 1. The lowest BCUT2D eigenvalue weighted by atomic mass is 9.84. The minimum absolute atomic E-state index is 0.0314. The molecule has 2 saturated heterocycles. The van der Waals surface area contributed by atoms with Gasteiger partial charge in [-0.1, -0.05) is 15.9 Å². The van der Waals surface area contributed by atoms with Crippen molar-refractivity contribution < 1.29 is 9.47 Å². The zero-order chi connectivity index (χ0) is 14.7. The van der Waals surface area contributed by atoms with E-state index < -0.39 is 0 Å². The first-order chi connectivity index (χ1) is 10.2. The molecule has 21 heavy (non-hydrogen) atoms. The lowest BCUT2D eigenvalue weighted by Crippen LogP contribution is -2.47. The van der Waals surface area contributed by atoms with Crippen LogP contribution in [0.25, 0.3) is 0 Å². The number of nitrogens with one attached hydrogen (secondary N) is 1. The summed E-state index contributed by atoms with van der Waals surface area (Å²) in [5, 5.41) is 12.8. The van der Waals surface area contributed by atoms with Crippen molar-refractivity contribution in [1.82, 2.24) is 0 Å². The standard InChI is InChI=1S/C16H19BrN2O2/c17-13-1-2-15(12(9-13)11-18)19-14-3-6-21-16(10-14)4-7-20-8-5-16/h1-2,9,14,19H,3-8,10H2. The molecule has 3 rings (SSSR count). The smallest absolute Gasteiger partial charge is 0.101 e. The number of nitrogens with zero attached hydrogens (tertiary/aromatic N) is 1. The van der Waals surface area contributed by atoms with Gasteiger partial charge in [-0.05, 0) is 43.9 Å². The third kappa shape index (κ3) is 3.39. The van der Waals surface area contributed by atoms with Crippen LogP contribution in [0.3, 0.4) is 0 Å². The van der Waals surface area contributed by atoms with Crippen LogP contribution in [0.1, 0.15) is 31.2 Å². The average Bonchev–Trinajstić information content (AvgIpc) is 2.50. The van der Waals surface area contributed by atoms with E-state index in [1.165, 1.54) is 0 Å². The summed E-state index contributed by atoms with van der Waals surface area (Å²) < 4.78 is 12.4. The number of benzene rings is 1. The number of ether oxygens (including phenoxy) is 2. The highest BCUT2D eigenvalue weighted by Crippen LogP contribution is 2.35. The highest BCUT2D eigenvalue weighted by atomic mass is 79.9. The normalized spacial score (nSPS) is 24.5. The molecule has 112 valence electrons. The van der Waals surface area contributed by atoms with Crippen LogP contribution in [0, 0.1) is 11.3 Å². The Labute approximate surface area is 133 Å². The zero-order valence-corrected chi connectivity index (χ0v) is 13.5. The van der Waals surface area contributed by atoms with E-state index in [0.717, 1.165) is 55.7 Å². The molecule has 2 aliphatic rings. The number of hydrogen-bond donors (Lipinski definition) is 1. The lowest BCUT2D eigenvalue weighted by molar-refractivity contribution is -0.135. The van der Waals surface area contributed by atoms with E-state index in [-0.39, 0.29) is 5.60 Å². The molecule has 0 saturated carbocycles. The Hall–Kier alpha value is -1.09. The summed E-state index contributed by atoms with van der Waals surface area (Å²) in [4.78, 5) is 0. The highest BCUT2D eigenvalue weighted by Gasteiger charge is 2.39. The third-order valence-electron chi connectivity index (χ3n) is 4.36. The van der Waals surface area contributed by atoms with Gasteiger partial charge in [0.2, 0.25) is 0 Å². The predicted molar refractivity (Wildman–Crippen MR) is 84.2 cm³/mol. The van der Waals surface area contributed by atoms with Crippen molar-refractivity contribution in [2.75, 3.05) is 25.1 Å². The van der Waals surface area contributed by atoms with Gasteiger partial charge in [-0.3, -0.25) is 0 Å². The first-order valence-electron chi connectivity index (χ1n) is 7.39. The molecule has 1 atom stereocenters. The molecule has 1 aromatic carbocycles. The van der Waals surface area contributed by atoms with E-state index in [0.29, 0.717) is 11.6 Å². The molecule has 4 nitrogen and oxygen atoms in total. The average molecular weight is 351 g/mol. The summed E-state index contributed by atoms with van der Waals surface area (Å²) in [5.41, 5.74) is 1.56. The summed E-state index contributed by atoms with van der Waals surface area (Å²) >= 11 is 3.41. The molecule has 0 aliphatic carbocycles. The van der Waals surface area contributed by atoms with E-state index in [1.54, 1.807) is 0 Å². The predicted octanol–water partition coefficient (Wildman–Crippen LogP) is 3.46. The summed E-state index contributed by atoms with van der Waals surface area (Å²) in [6.07, 6.45) is 3.90. The Morgan fingerprint density at radius 3 is 2.86 bits per heavy atom. The second-order valence-corrected chi connectivity index (χ2v) is 6.70. The molecular weight excluding hydrogens is 332 g/mol. The first-order valence-corrected chi connectivity index (χ1v) is 8.18. The first kappa shape index (κ1) is 14.8. The van der Waals surface area contributed by atoms with E-state index in [1.807, 2.05) is 18.2 Å². The summed E-state index contributed by atoms with van der Waals surface area (Å²) in [5.74, 6) is 0. The molecule has 1 spiro atoms. The van der Waals surface area contributed by atoms with Crippen molar-refractivity contribution in [2.45, 2.75) is 37.3 Å². The van der Waals surface area contributed by atoms with Crippen molar-refractivity contribution in [3.63, 3.8) is 0 Å². The van der Waals surface area contributed by atoms with Crippen molar-refractivity contribution in [3.8, 4) is 6.07 Å². The molecule has 2 aliphatic heterocycles. The third-order valence-corrected chi connectivity index (χ3v) is 4.85. The molecular formula is C16H19BrN2O2. The van der Waals surface area contributed by atoms with Crippen molar-refractivity contribution in [2.24, 2.45) is 0 Å². The molecule has 5 heteroatoms. The number of hydrogen-bond acceptors (Lipinski definition) is 4. The van der Waals surface area contributed by atoms with Crippen molar-refractivity contribution >= 4 is 21.6 Å². The molecule has 2 fully saturated rings. The molecule has 0 aromatic heterocycles. The molecule has 0 bridgehead atoms. The zero-order valence-electron chi connectivity index (χ0n) is 11.9. The second kappa shape index (κ2) is 6.35. The second-order valence-electron chi connectivity index (χ2n) is 5.78. The summed E-state index contributed by atoms with van der Waals surface area (Å²) in [6, 6.07) is 8.39. The Balaban J connectivity index is 1.71. The van der Waals surface area contributed by atoms with Gasteiger partial charge in [0.15, 0.2) is 0 Å². The molecule has 2 heterocycles. The fourth-order valence-corrected chi connectivity index (χ4v) is 3.56. The van der Waals surface area contributed by atoms with E-state index >= 15 is 0 Å². The largest absolute Gasteiger partial charge is 0.381 e. The molecule has 1 unspecified atom stereocenters. The van der Waals surface area contributed by atoms with Crippen LogP contribution in [0.5, 0.6) is 0 Å². The van der Waals surface area contributed by atoms with Crippen LogP contribution in [-0.4, -0.2) is 31.5 Å². The van der Waals surface area contributed by atoms with Crippen LogP contribution in [0.2, 0.25) is 0 Å². The Morgan fingerprint density at radius 1 is 1.29 bits per heavy atom. The van der Waals surface area contributed by atoms with Crippen LogP contribution in [0.15, 0.2) is 22.7 Å². The van der Waals surface area contributed by atoms with Crippen LogP contribution < -0.4 is 5.32 Å². The minimum Gasteiger partial charge on any atom is -0.381 e. The van der Waals surface area contributed by atoms with Gasteiger partial charge in [-0.2, -0.15) is 5.26 Å². The quantitative estimate of drug-likeness (QED) is 0.887. The van der Waals surface area contributed by atoms with Gasteiger partial charge in [-0.15, -0.1) is 0 Å². The maximum atomic E-state index is 9.26. The number of nitriles is 1. The maximum Gasteiger partial charge on any atom is 0.101 e. The lowest BCUT2D eigenvalue weighted by Gasteiger charge is -2.43. The van der Waals surface area contributed by atoms with Crippen LogP contribution >= 0.6 is 15.9 Å². The summed E-state index contributed by atoms with van der Waals surface area (Å²) in [6.45, 7) is 2.35. The van der Waals surface area contributed by atoms with E-state index in [4.69, 9.17) is 9.47 Å². The number of rotatable bonds is 2. The maximum absolute atomic E-state index is 9.26. The molecule has 1 N–H and O–H groups in total. The van der Waals surface area contributed by atoms with Gasteiger partial charge >= 0.3 is 0 Å². The monoisotopic (exact) mass is 350 g/mol. The van der Waals surface area contributed by atoms with Crippen LogP contribution in [-0.2, 0) is 9.47 Å². The summed E-state index contributed by atoms with van der Waals surface area (Å²) in [7, 11) is 0. The Bertz CT molecular complexity index is 544. The van der Waals surface area contributed by atoms with Gasteiger partial charge < -0.3 is 14.8 Å². The highest BCUT2D eigenvalue weighted by molar-refractivity contribution is 9.10. The fraction of sp³-hybridized carbons (Fsp3) is 0.562.